The van der Waals surface area contributed by atoms with Crippen molar-refractivity contribution in [1.29, 1.82) is 0 Å². The molecule has 138 valence electrons. The third-order valence-electron chi connectivity index (χ3n) is 5.57. The minimum absolute atomic E-state index is 0.0124. The van der Waals surface area contributed by atoms with Gasteiger partial charge in [0.2, 0.25) is 0 Å². The normalized spacial score (nSPS) is 19.3. The van der Waals surface area contributed by atoms with Crippen LogP contribution < -0.4 is 0 Å². The molecule has 1 fully saturated rings. The van der Waals surface area contributed by atoms with Gasteiger partial charge in [0.05, 0.1) is 10.9 Å². The van der Waals surface area contributed by atoms with Crippen molar-refractivity contribution in [1.82, 2.24) is 20.1 Å². The summed E-state index contributed by atoms with van der Waals surface area (Å²) in [6.07, 6.45) is 6.66. The third kappa shape index (κ3) is 3.08. The number of carbonyl (C=O) groups excluding carboxylic acids is 1. The highest BCUT2D eigenvalue weighted by atomic mass is 32.1. The quantitative estimate of drug-likeness (QED) is 0.735. The number of nitrogens with zero attached hydrogens (tertiary/aromatic N) is 3. The van der Waals surface area contributed by atoms with Crippen molar-refractivity contribution in [2.45, 2.75) is 44.6 Å². The summed E-state index contributed by atoms with van der Waals surface area (Å²) in [4.78, 5) is 22.2. The lowest BCUT2D eigenvalue weighted by Gasteiger charge is -2.22. The number of hydrogen-bond donors (Lipinski definition) is 1. The van der Waals surface area contributed by atoms with Crippen molar-refractivity contribution in [3.05, 3.63) is 57.5 Å². The standard InChI is InChI=1S/C21H22N4OS/c26-21(18-13-15-9-4-5-11-17(15)27-18)25-12-6-10-16(25)20-22-19(23-24-20)14-7-2-1-3-8-14/h1-3,7-8,13,16H,4-6,9-12H2,(H,22,23,24)/t16-/m0/s1. The number of thiophene rings is 1. The molecule has 0 spiro atoms. The largest absolute Gasteiger partial charge is 0.328 e. The van der Waals surface area contributed by atoms with Crippen molar-refractivity contribution in [2.24, 2.45) is 0 Å². The molecule has 1 amide bonds. The molecule has 1 aromatic carbocycles. The van der Waals surface area contributed by atoms with Crippen LogP contribution in [0.1, 0.15) is 57.7 Å². The van der Waals surface area contributed by atoms with Gasteiger partial charge in [-0.15, -0.1) is 11.3 Å². The van der Waals surface area contributed by atoms with Gasteiger partial charge in [-0.3, -0.25) is 9.89 Å². The number of aryl methyl sites for hydroxylation is 2. The highest BCUT2D eigenvalue weighted by Crippen LogP contribution is 2.35. The molecule has 3 aromatic rings. The maximum atomic E-state index is 13.2. The molecule has 5 rings (SSSR count). The lowest BCUT2D eigenvalue weighted by molar-refractivity contribution is 0.0735. The monoisotopic (exact) mass is 378 g/mol. The molecule has 0 bridgehead atoms. The van der Waals surface area contributed by atoms with Crippen LogP contribution in [-0.4, -0.2) is 32.5 Å². The Morgan fingerprint density at radius 3 is 2.85 bits per heavy atom. The Balaban J connectivity index is 1.40. The van der Waals surface area contributed by atoms with Crippen LogP contribution in [0, 0.1) is 0 Å². The summed E-state index contributed by atoms with van der Waals surface area (Å²) >= 11 is 1.69. The summed E-state index contributed by atoms with van der Waals surface area (Å²) < 4.78 is 0. The molecule has 1 aliphatic heterocycles. The second kappa shape index (κ2) is 6.93. The molecule has 1 saturated heterocycles. The maximum Gasteiger partial charge on any atom is 0.264 e. The zero-order valence-corrected chi connectivity index (χ0v) is 16.0. The summed E-state index contributed by atoms with van der Waals surface area (Å²) in [5, 5.41) is 7.46. The SMILES string of the molecule is O=C(c1cc2c(s1)CCCC2)N1CCC[C@H]1c1nc(-c2ccccc2)n[nH]1. The van der Waals surface area contributed by atoms with Crippen molar-refractivity contribution in [2.75, 3.05) is 6.54 Å². The molecule has 27 heavy (non-hydrogen) atoms. The van der Waals surface area contributed by atoms with E-state index in [0.717, 1.165) is 48.5 Å². The summed E-state index contributed by atoms with van der Waals surface area (Å²) in [5.41, 5.74) is 2.37. The van der Waals surface area contributed by atoms with E-state index in [0.29, 0.717) is 5.82 Å². The number of rotatable bonds is 3. The zero-order valence-electron chi connectivity index (χ0n) is 15.1. The Kier molecular flexibility index (Phi) is 4.28. The van der Waals surface area contributed by atoms with Crippen LogP contribution in [0.4, 0.5) is 0 Å². The number of carbonyl (C=O) groups is 1. The number of aromatic nitrogens is 3. The van der Waals surface area contributed by atoms with E-state index in [1.54, 1.807) is 11.3 Å². The summed E-state index contributed by atoms with van der Waals surface area (Å²) in [7, 11) is 0. The van der Waals surface area contributed by atoms with Crippen LogP contribution in [0.2, 0.25) is 0 Å². The Bertz CT molecular complexity index is 938. The number of H-pyrrole nitrogens is 1. The van der Waals surface area contributed by atoms with Gasteiger partial charge in [0.25, 0.3) is 5.91 Å². The molecule has 0 saturated carbocycles. The Hall–Kier alpha value is -2.47. The first kappa shape index (κ1) is 16.7. The second-order valence-corrected chi connectivity index (χ2v) is 8.47. The van der Waals surface area contributed by atoms with Gasteiger partial charge in [-0.05, 0) is 50.2 Å². The minimum atomic E-state index is -0.0124. The van der Waals surface area contributed by atoms with E-state index in [-0.39, 0.29) is 11.9 Å². The number of likely N-dealkylation sites (tertiary alicyclic amines) is 1. The summed E-state index contributed by atoms with van der Waals surface area (Å²) in [6, 6.07) is 12.1. The fraction of sp³-hybridized carbons (Fsp3) is 0.381. The molecule has 0 radical (unpaired) electrons. The van der Waals surface area contributed by atoms with Gasteiger partial charge in [0, 0.05) is 17.0 Å². The van der Waals surface area contributed by atoms with Crippen molar-refractivity contribution < 1.29 is 4.79 Å². The fourth-order valence-corrected chi connectivity index (χ4v) is 5.38. The molecule has 2 aliphatic rings. The molecular weight excluding hydrogens is 356 g/mol. The van der Waals surface area contributed by atoms with E-state index in [2.05, 4.69) is 16.3 Å². The first-order valence-electron chi connectivity index (χ1n) is 9.70. The third-order valence-corrected chi connectivity index (χ3v) is 6.80. The topological polar surface area (TPSA) is 61.9 Å². The van der Waals surface area contributed by atoms with E-state index in [9.17, 15) is 4.79 Å². The van der Waals surface area contributed by atoms with Gasteiger partial charge in [0.15, 0.2) is 5.82 Å². The Morgan fingerprint density at radius 1 is 1.15 bits per heavy atom. The molecule has 1 N–H and O–H groups in total. The first-order chi connectivity index (χ1) is 13.3. The van der Waals surface area contributed by atoms with Gasteiger partial charge < -0.3 is 4.90 Å². The summed E-state index contributed by atoms with van der Waals surface area (Å²) in [6.45, 7) is 0.785. The highest BCUT2D eigenvalue weighted by Gasteiger charge is 2.34. The van der Waals surface area contributed by atoms with E-state index < -0.39 is 0 Å². The van der Waals surface area contributed by atoms with E-state index >= 15 is 0 Å². The average Bonchev–Trinajstić information content (AvgIpc) is 3.46. The van der Waals surface area contributed by atoms with E-state index in [1.165, 1.54) is 23.3 Å². The van der Waals surface area contributed by atoms with Crippen LogP contribution in [-0.2, 0) is 12.8 Å². The predicted molar refractivity (Wildman–Crippen MR) is 106 cm³/mol. The highest BCUT2D eigenvalue weighted by molar-refractivity contribution is 7.14. The Morgan fingerprint density at radius 2 is 2.00 bits per heavy atom. The number of amides is 1. The first-order valence-corrected chi connectivity index (χ1v) is 10.5. The lowest BCUT2D eigenvalue weighted by Crippen LogP contribution is -2.30. The van der Waals surface area contributed by atoms with Crippen LogP contribution in [0.5, 0.6) is 0 Å². The van der Waals surface area contributed by atoms with Gasteiger partial charge in [0.1, 0.15) is 5.82 Å². The second-order valence-electron chi connectivity index (χ2n) is 7.33. The average molecular weight is 379 g/mol. The zero-order chi connectivity index (χ0) is 18.2. The van der Waals surface area contributed by atoms with Crippen LogP contribution in [0.15, 0.2) is 36.4 Å². The number of benzene rings is 1. The number of nitrogens with one attached hydrogen (secondary N) is 1. The maximum absolute atomic E-state index is 13.2. The van der Waals surface area contributed by atoms with Gasteiger partial charge in [-0.25, -0.2) is 4.98 Å². The number of fused-ring (bicyclic) bond motifs is 1. The molecule has 6 heteroatoms. The minimum Gasteiger partial charge on any atom is -0.328 e. The molecule has 1 aliphatic carbocycles. The fourth-order valence-electron chi connectivity index (χ4n) is 4.17. The van der Waals surface area contributed by atoms with Gasteiger partial charge in [-0.1, -0.05) is 30.3 Å². The predicted octanol–water partition coefficient (Wildman–Crippen LogP) is 4.39. The van der Waals surface area contributed by atoms with Crippen LogP contribution >= 0.6 is 11.3 Å². The molecular formula is C21H22N4OS. The van der Waals surface area contributed by atoms with E-state index in [4.69, 9.17) is 4.98 Å². The van der Waals surface area contributed by atoms with Crippen molar-refractivity contribution in [3.8, 4) is 11.4 Å². The van der Waals surface area contributed by atoms with Gasteiger partial charge in [-0.2, -0.15) is 5.10 Å². The molecule has 1 atom stereocenters. The molecule has 3 heterocycles. The van der Waals surface area contributed by atoms with Gasteiger partial charge >= 0.3 is 0 Å². The molecule has 5 nitrogen and oxygen atoms in total. The number of aromatic amines is 1. The van der Waals surface area contributed by atoms with E-state index in [1.807, 2.05) is 35.2 Å². The summed E-state index contributed by atoms with van der Waals surface area (Å²) in [5.74, 6) is 1.63. The molecule has 0 unspecified atom stereocenters. The smallest absolute Gasteiger partial charge is 0.264 e. The molecule has 2 aromatic heterocycles. The van der Waals surface area contributed by atoms with Crippen LogP contribution in [0.3, 0.4) is 0 Å². The van der Waals surface area contributed by atoms with Crippen molar-refractivity contribution in [3.63, 3.8) is 0 Å². The van der Waals surface area contributed by atoms with Crippen molar-refractivity contribution >= 4 is 17.2 Å². The van der Waals surface area contributed by atoms with Crippen LogP contribution in [0.25, 0.3) is 11.4 Å². The lowest BCUT2D eigenvalue weighted by atomic mass is 9.99. The number of hydrogen-bond acceptors (Lipinski definition) is 4. The Labute approximate surface area is 162 Å².